The molecule has 0 aliphatic heterocycles. The predicted molar refractivity (Wildman–Crippen MR) is 56.1 cm³/mol. The van der Waals surface area contributed by atoms with E-state index in [0.29, 0.717) is 0 Å². The molecule has 0 atom stereocenters. The summed E-state index contributed by atoms with van der Waals surface area (Å²) in [4.78, 5) is 0. The molecule has 0 fully saturated rings. The molecule has 0 saturated heterocycles. The lowest BCUT2D eigenvalue weighted by molar-refractivity contribution is 0.964. The van der Waals surface area contributed by atoms with Gasteiger partial charge in [-0.3, -0.25) is 0 Å². The summed E-state index contributed by atoms with van der Waals surface area (Å²) in [6.07, 6.45) is 1.79. The lowest BCUT2D eigenvalue weighted by atomic mass is 10.4. The lowest BCUT2D eigenvalue weighted by Crippen LogP contribution is -1.97. The number of fused-ring (bicyclic) bond motifs is 1. The fourth-order valence-corrected chi connectivity index (χ4v) is 1.14. The molecule has 2 heterocycles. The Labute approximate surface area is 78.4 Å². The zero-order chi connectivity index (χ0) is 9.68. The number of hydrogen-bond acceptors (Lipinski definition) is 2. The van der Waals surface area contributed by atoms with Crippen molar-refractivity contribution in [2.24, 2.45) is 0 Å². The van der Waals surface area contributed by atoms with Gasteiger partial charge in [0.15, 0.2) is 0 Å². The topological polar surface area (TPSA) is 29.3 Å². The maximum atomic E-state index is 4.14. The molecule has 3 nitrogen and oxygen atoms in total. The Morgan fingerprint density at radius 1 is 1.23 bits per heavy atom. The number of hydrogen-bond donors (Lipinski definition) is 1. The van der Waals surface area contributed by atoms with Crippen molar-refractivity contribution in [3.05, 3.63) is 30.5 Å². The molecule has 2 aromatic rings. The Hall–Kier alpha value is -1.51. The van der Waals surface area contributed by atoms with E-state index in [9.17, 15) is 0 Å². The number of pyridine rings is 1. The molecule has 0 bridgehead atoms. The molecule has 0 aliphatic rings. The largest absolute Gasteiger partial charge is 0.373 e. The molecule has 13 heavy (non-hydrogen) atoms. The van der Waals surface area contributed by atoms with E-state index >= 15 is 0 Å². The van der Waals surface area contributed by atoms with E-state index in [1.807, 2.05) is 49.7 Å². The third kappa shape index (κ3) is 1.80. The monoisotopic (exact) mass is 177 g/mol. The van der Waals surface area contributed by atoms with Crippen molar-refractivity contribution < 1.29 is 0 Å². The molecule has 2 aromatic heterocycles. The summed E-state index contributed by atoms with van der Waals surface area (Å²) in [6.45, 7) is 4.00. The molecule has 0 spiro atoms. The van der Waals surface area contributed by atoms with Crippen LogP contribution in [0.5, 0.6) is 0 Å². The van der Waals surface area contributed by atoms with E-state index in [1.165, 1.54) is 0 Å². The zero-order valence-electron chi connectivity index (χ0n) is 8.28. The van der Waals surface area contributed by atoms with Crippen LogP contribution in [0.3, 0.4) is 0 Å². The summed E-state index contributed by atoms with van der Waals surface area (Å²) < 4.78 is 1.86. The van der Waals surface area contributed by atoms with Crippen LogP contribution in [-0.4, -0.2) is 16.7 Å². The normalized spacial score (nSPS) is 9.15. The highest BCUT2D eigenvalue weighted by molar-refractivity contribution is 5.52. The van der Waals surface area contributed by atoms with Gasteiger partial charge in [0.05, 0.1) is 11.7 Å². The number of aromatic nitrogens is 2. The van der Waals surface area contributed by atoms with Crippen LogP contribution in [0.4, 0.5) is 5.82 Å². The lowest BCUT2D eigenvalue weighted by Gasteiger charge is -2.01. The van der Waals surface area contributed by atoms with Crippen LogP contribution in [0.15, 0.2) is 30.5 Å². The van der Waals surface area contributed by atoms with Gasteiger partial charge in [0.1, 0.15) is 5.82 Å². The minimum absolute atomic E-state index is 1.01. The highest BCUT2D eigenvalue weighted by Crippen LogP contribution is 2.09. The molecule has 0 aromatic carbocycles. The van der Waals surface area contributed by atoms with Gasteiger partial charge in [-0.1, -0.05) is 19.9 Å². The first-order chi connectivity index (χ1) is 6.42. The Bertz CT molecular complexity index is 365. The number of rotatable bonds is 1. The first kappa shape index (κ1) is 9.58. The second-order valence-corrected chi connectivity index (χ2v) is 2.33. The van der Waals surface area contributed by atoms with Gasteiger partial charge in [-0.25, -0.2) is 4.52 Å². The Morgan fingerprint density at radius 3 is 2.69 bits per heavy atom. The molecule has 0 unspecified atom stereocenters. The van der Waals surface area contributed by atoms with Gasteiger partial charge in [-0.15, -0.1) is 0 Å². The Kier molecular flexibility index (Phi) is 3.31. The standard InChI is InChI=1S/C8H9N3.C2H6/c1-9-8-4-2-3-7-5-6-10-11(7)8;1-2/h2-6,9H,1H3;1-2H3. The van der Waals surface area contributed by atoms with Crippen molar-refractivity contribution in [1.82, 2.24) is 9.61 Å². The fourth-order valence-electron chi connectivity index (χ4n) is 1.14. The third-order valence-electron chi connectivity index (χ3n) is 1.68. The zero-order valence-corrected chi connectivity index (χ0v) is 8.28. The minimum atomic E-state index is 1.01. The van der Waals surface area contributed by atoms with E-state index in [-0.39, 0.29) is 0 Å². The van der Waals surface area contributed by atoms with Gasteiger partial charge in [0.25, 0.3) is 0 Å². The molecular weight excluding hydrogens is 162 g/mol. The first-order valence-corrected chi connectivity index (χ1v) is 4.52. The van der Waals surface area contributed by atoms with Gasteiger partial charge in [-0.05, 0) is 18.2 Å². The quantitative estimate of drug-likeness (QED) is 0.724. The summed E-state index contributed by atoms with van der Waals surface area (Å²) in [5.74, 6) is 1.01. The van der Waals surface area contributed by atoms with E-state index in [1.54, 1.807) is 6.20 Å². The van der Waals surface area contributed by atoms with E-state index in [4.69, 9.17) is 0 Å². The van der Waals surface area contributed by atoms with E-state index < -0.39 is 0 Å². The van der Waals surface area contributed by atoms with Crippen LogP contribution in [0, 0.1) is 0 Å². The van der Waals surface area contributed by atoms with Crippen LogP contribution in [0.1, 0.15) is 13.8 Å². The summed E-state index contributed by atoms with van der Waals surface area (Å²) in [7, 11) is 1.89. The molecule has 0 saturated carbocycles. The molecule has 70 valence electrons. The second-order valence-electron chi connectivity index (χ2n) is 2.33. The predicted octanol–water partition coefficient (Wildman–Crippen LogP) is 2.40. The summed E-state index contributed by atoms with van der Waals surface area (Å²) >= 11 is 0. The number of nitrogens with one attached hydrogen (secondary N) is 1. The van der Waals surface area contributed by atoms with Crippen molar-refractivity contribution in [3.8, 4) is 0 Å². The van der Waals surface area contributed by atoms with Crippen molar-refractivity contribution >= 4 is 11.3 Å². The van der Waals surface area contributed by atoms with Crippen LogP contribution in [0.25, 0.3) is 5.52 Å². The average Bonchev–Trinajstić information content (AvgIpc) is 2.68. The molecule has 2 rings (SSSR count). The minimum Gasteiger partial charge on any atom is -0.373 e. The van der Waals surface area contributed by atoms with Gasteiger partial charge in [0, 0.05) is 7.05 Å². The highest BCUT2D eigenvalue weighted by atomic mass is 15.3. The molecule has 0 aliphatic carbocycles. The Morgan fingerprint density at radius 2 is 2.00 bits per heavy atom. The van der Waals surface area contributed by atoms with E-state index in [0.717, 1.165) is 11.3 Å². The summed E-state index contributed by atoms with van der Waals surface area (Å²) in [5, 5.41) is 7.20. The summed E-state index contributed by atoms with van der Waals surface area (Å²) in [6, 6.07) is 7.98. The second kappa shape index (κ2) is 4.50. The fraction of sp³-hybridized carbons (Fsp3) is 0.300. The van der Waals surface area contributed by atoms with Gasteiger partial charge in [-0.2, -0.15) is 5.10 Å². The summed E-state index contributed by atoms with van der Waals surface area (Å²) in [5.41, 5.74) is 1.11. The van der Waals surface area contributed by atoms with Crippen molar-refractivity contribution in [2.75, 3.05) is 12.4 Å². The SMILES string of the molecule is CC.CNc1cccc2ccnn12. The van der Waals surface area contributed by atoms with Gasteiger partial charge < -0.3 is 5.32 Å². The number of anilines is 1. The van der Waals surface area contributed by atoms with Gasteiger partial charge >= 0.3 is 0 Å². The molecule has 0 radical (unpaired) electrons. The maximum Gasteiger partial charge on any atom is 0.127 e. The molecule has 1 N–H and O–H groups in total. The van der Waals surface area contributed by atoms with Gasteiger partial charge in [0.2, 0.25) is 0 Å². The smallest absolute Gasteiger partial charge is 0.127 e. The van der Waals surface area contributed by atoms with E-state index in [2.05, 4.69) is 10.4 Å². The Balaban J connectivity index is 0.000000396. The molecule has 0 amide bonds. The first-order valence-electron chi connectivity index (χ1n) is 4.52. The van der Waals surface area contributed by atoms with Crippen LogP contribution in [0.2, 0.25) is 0 Å². The molecular formula is C10H15N3. The van der Waals surface area contributed by atoms with Crippen LogP contribution in [-0.2, 0) is 0 Å². The highest BCUT2D eigenvalue weighted by Gasteiger charge is 1.95. The van der Waals surface area contributed by atoms with Crippen LogP contribution < -0.4 is 5.32 Å². The van der Waals surface area contributed by atoms with Crippen molar-refractivity contribution in [3.63, 3.8) is 0 Å². The average molecular weight is 177 g/mol. The number of nitrogens with zero attached hydrogens (tertiary/aromatic N) is 2. The van der Waals surface area contributed by atoms with Crippen molar-refractivity contribution in [2.45, 2.75) is 13.8 Å². The maximum absolute atomic E-state index is 4.14. The van der Waals surface area contributed by atoms with Crippen molar-refractivity contribution in [1.29, 1.82) is 0 Å². The molecule has 3 heteroatoms. The third-order valence-corrected chi connectivity index (χ3v) is 1.68. The van der Waals surface area contributed by atoms with Crippen LogP contribution >= 0.6 is 0 Å².